The zero-order valence-electron chi connectivity index (χ0n) is 18.5. The van der Waals surface area contributed by atoms with Crippen LogP contribution in [0, 0.1) is 5.92 Å². The Balaban J connectivity index is 1.25. The third-order valence-electron chi connectivity index (χ3n) is 7.44. The predicted molar refractivity (Wildman–Crippen MR) is 119 cm³/mol. The molecule has 5 nitrogen and oxygen atoms in total. The van der Waals surface area contributed by atoms with E-state index in [1.807, 2.05) is 21.9 Å². The summed E-state index contributed by atoms with van der Waals surface area (Å²) in [5.74, 6) is 1.01. The highest BCUT2D eigenvalue weighted by Gasteiger charge is 2.28. The van der Waals surface area contributed by atoms with Gasteiger partial charge in [-0.05, 0) is 81.6 Å². The van der Waals surface area contributed by atoms with Gasteiger partial charge in [-0.25, -0.2) is 0 Å². The van der Waals surface area contributed by atoms with E-state index in [-0.39, 0.29) is 11.8 Å². The fourth-order valence-electron chi connectivity index (χ4n) is 5.47. The summed E-state index contributed by atoms with van der Waals surface area (Å²) >= 11 is 0. The Morgan fingerprint density at radius 1 is 0.800 bits per heavy atom. The van der Waals surface area contributed by atoms with Gasteiger partial charge in [0.05, 0.1) is 0 Å². The van der Waals surface area contributed by atoms with E-state index in [1.54, 1.807) is 6.92 Å². The summed E-state index contributed by atoms with van der Waals surface area (Å²) < 4.78 is 0. The number of hydrogen-bond donors (Lipinski definition) is 0. The second kappa shape index (κ2) is 9.95. The quantitative estimate of drug-likeness (QED) is 0.761. The Kier molecular flexibility index (Phi) is 7.08. The standard InChI is InChI=1S/C25H37N3O2/c1-20(29)26-15-9-22(10-16-26)19-21-5-7-23(8-6-21)25(30)28-17-11-24(12-18-28)27-13-3-2-4-14-27/h5-8,22,24H,2-4,9-19H2,1H3. The number of benzene rings is 1. The van der Waals surface area contributed by atoms with E-state index in [0.717, 1.165) is 63.8 Å². The molecule has 4 rings (SSSR count). The zero-order valence-corrected chi connectivity index (χ0v) is 18.5. The van der Waals surface area contributed by atoms with Gasteiger partial charge in [-0.15, -0.1) is 0 Å². The molecule has 3 fully saturated rings. The Bertz CT molecular complexity index is 710. The summed E-state index contributed by atoms with van der Waals surface area (Å²) in [6.45, 7) is 7.68. The van der Waals surface area contributed by atoms with E-state index in [0.29, 0.717) is 12.0 Å². The first-order valence-corrected chi connectivity index (χ1v) is 12.0. The Morgan fingerprint density at radius 3 is 2.00 bits per heavy atom. The molecule has 164 valence electrons. The van der Waals surface area contributed by atoms with Gasteiger partial charge in [-0.3, -0.25) is 9.59 Å². The molecule has 0 saturated carbocycles. The molecule has 5 heteroatoms. The molecular formula is C25H37N3O2. The molecule has 0 aromatic heterocycles. The smallest absolute Gasteiger partial charge is 0.253 e. The molecule has 0 unspecified atom stereocenters. The number of likely N-dealkylation sites (tertiary alicyclic amines) is 3. The van der Waals surface area contributed by atoms with E-state index in [2.05, 4.69) is 17.0 Å². The van der Waals surface area contributed by atoms with Crippen molar-refractivity contribution in [2.45, 2.75) is 64.3 Å². The molecule has 0 radical (unpaired) electrons. The normalized spacial score (nSPS) is 22.3. The lowest BCUT2D eigenvalue weighted by atomic mass is 9.90. The molecule has 3 heterocycles. The fourth-order valence-corrected chi connectivity index (χ4v) is 5.47. The van der Waals surface area contributed by atoms with Crippen LogP contribution in [0.4, 0.5) is 0 Å². The number of nitrogens with zero attached hydrogens (tertiary/aromatic N) is 3. The van der Waals surface area contributed by atoms with Crippen LogP contribution < -0.4 is 0 Å². The monoisotopic (exact) mass is 411 g/mol. The third kappa shape index (κ3) is 5.23. The Hall–Kier alpha value is -1.88. The number of rotatable bonds is 4. The average molecular weight is 412 g/mol. The van der Waals surface area contributed by atoms with Gasteiger partial charge in [0.15, 0.2) is 0 Å². The minimum atomic E-state index is 0.188. The number of carbonyl (C=O) groups excluding carboxylic acids is 2. The minimum Gasteiger partial charge on any atom is -0.343 e. The van der Waals surface area contributed by atoms with Gasteiger partial charge in [-0.2, -0.15) is 0 Å². The first-order chi connectivity index (χ1) is 14.6. The van der Waals surface area contributed by atoms with Crippen molar-refractivity contribution in [2.24, 2.45) is 5.92 Å². The summed E-state index contributed by atoms with van der Waals surface area (Å²) in [4.78, 5) is 31.1. The second-order valence-corrected chi connectivity index (χ2v) is 9.47. The fraction of sp³-hybridized carbons (Fsp3) is 0.680. The van der Waals surface area contributed by atoms with Crippen molar-refractivity contribution in [3.05, 3.63) is 35.4 Å². The van der Waals surface area contributed by atoms with Crippen molar-refractivity contribution in [3.8, 4) is 0 Å². The minimum absolute atomic E-state index is 0.188. The van der Waals surface area contributed by atoms with Gasteiger partial charge in [0, 0.05) is 44.7 Å². The summed E-state index contributed by atoms with van der Waals surface area (Å²) in [5.41, 5.74) is 2.12. The van der Waals surface area contributed by atoms with Crippen molar-refractivity contribution < 1.29 is 9.59 Å². The summed E-state index contributed by atoms with van der Waals surface area (Å²) in [6, 6.07) is 8.96. The molecule has 0 aliphatic carbocycles. The lowest BCUT2D eigenvalue weighted by Gasteiger charge is -2.40. The highest BCUT2D eigenvalue weighted by molar-refractivity contribution is 5.94. The molecule has 3 aliphatic heterocycles. The van der Waals surface area contributed by atoms with E-state index >= 15 is 0 Å². The van der Waals surface area contributed by atoms with Crippen molar-refractivity contribution in [1.82, 2.24) is 14.7 Å². The second-order valence-electron chi connectivity index (χ2n) is 9.47. The van der Waals surface area contributed by atoms with Crippen LogP contribution in [0.15, 0.2) is 24.3 Å². The number of piperidine rings is 3. The maximum absolute atomic E-state index is 13.0. The summed E-state index contributed by atoms with van der Waals surface area (Å²) in [6.07, 6.45) is 9.47. The maximum atomic E-state index is 13.0. The molecule has 0 bridgehead atoms. The topological polar surface area (TPSA) is 43.9 Å². The van der Waals surface area contributed by atoms with Crippen LogP contribution in [0.1, 0.15) is 67.8 Å². The Morgan fingerprint density at radius 2 is 1.40 bits per heavy atom. The molecule has 0 N–H and O–H groups in total. The van der Waals surface area contributed by atoms with Gasteiger partial charge in [0.1, 0.15) is 0 Å². The third-order valence-corrected chi connectivity index (χ3v) is 7.44. The van der Waals surface area contributed by atoms with Crippen molar-refractivity contribution in [1.29, 1.82) is 0 Å². The van der Waals surface area contributed by atoms with Gasteiger partial charge in [0.25, 0.3) is 5.91 Å². The summed E-state index contributed by atoms with van der Waals surface area (Å²) in [7, 11) is 0. The van der Waals surface area contributed by atoms with Crippen LogP contribution in [-0.4, -0.2) is 71.8 Å². The van der Waals surface area contributed by atoms with Crippen LogP contribution in [0.5, 0.6) is 0 Å². The van der Waals surface area contributed by atoms with Gasteiger partial charge < -0.3 is 14.7 Å². The van der Waals surface area contributed by atoms with Gasteiger partial charge in [0.2, 0.25) is 5.91 Å². The number of amides is 2. The first kappa shape index (κ1) is 21.4. The van der Waals surface area contributed by atoms with Crippen LogP contribution in [0.25, 0.3) is 0 Å². The molecule has 1 aromatic rings. The highest BCUT2D eigenvalue weighted by atomic mass is 16.2. The van der Waals surface area contributed by atoms with Crippen molar-refractivity contribution >= 4 is 11.8 Å². The van der Waals surface area contributed by atoms with Gasteiger partial charge >= 0.3 is 0 Å². The van der Waals surface area contributed by atoms with E-state index in [1.165, 1.54) is 37.9 Å². The van der Waals surface area contributed by atoms with E-state index < -0.39 is 0 Å². The SMILES string of the molecule is CC(=O)N1CCC(Cc2ccc(C(=O)N3CCC(N4CCCCC4)CC3)cc2)CC1. The summed E-state index contributed by atoms with van der Waals surface area (Å²) in [5, 5.41) is 0. The Labute approximate surface area is 181 Å². The van der Waals surface area contributed by atoms with E-state index in [4.69, 9.17) is 0 Å². The lowest BCUT2D eigenvalue weighted by Crippen LogP contribution is -2.48. The first-order valence-electron chi connectivity index (χ1n) is 12.0. The highest BCUT2D eigenvalue weighted by Crippen LogP contribution is 2.24. The van der Waals surface area contributed by atoms with Crippen LogP contribution in [0.3, 0.4) is 0 Å². The largest absolute Gasteiger partial charge is 0.343 e. The average Bonchev–Trinajstić information content (AvgIpc) is 2.80. The van der Waals surface area contributed by atoms with Crippen LogP contribution >= 0.6 is 0 Å². The predicted octanol–water partition coefficient (Wildman–Crippen LogP) is 3.58. The molecule has 3 aliphatic rings. The van der Waals surface area contributed by atoms with Gasteiger partial charge in [-0.1, -0.05) is 18.6 Å². The molecule has 1 aromatic carbocycles. The number of hydrogen-bond acceptors (Lipinski definition) is 3. The molecule has 2 amide bonds. The van der Waals surface area contributed by atoms with Crippen LogP contribution in [0.2, 0.25) is 0 Å². The maximum Gasteiger partial charge on any atom is 0.253 e. The number of carbonyl (C=O) groups is 2. The molecule has 0 atom stereocenters. The molecule has 30 heavy (non-hydrogen) atoms. The lowest BCUT2D eigenvalue weighted by molar-refractivity contribution is -0.130. The van der Waals surface area contributed by atoms with Crippen LogP contribution in [-0.2, 0) is 11.2 Å². The van der Waals surface area contributed by atoms with Crippen molar-refractivity contribution in [3.63, 3.8) is 0 Å². The zero-order chi connectivity index (χ0) is 20.9. The molecular weight excluding hydrogens is 374 g/mol. The van der Waals surface area contributed by atoms with Crippen molar-refractivity contribution in [2.75, 3.05) is 39.3 Å². The molecule has 0 spiro atoms. The molecule has 3 saturated heterocycles. The van der Waals surface area contributed by atoms with E-state index in [9.17, 15) is 9.59 Å².